The Morgan fingerprint density at radius 2 is 1.84 bits per heavy atom. The molecule has 1 atom stereocenters. The van der Waals surface area contributed by atoms with E-state index in [0.29, 0.717) is 12.1 Å². The van der Waals surface area contributed by atoms with E-state index in [0.717, 1.165) is 19.3 Å². The highest BCUT2D eigenvalue weighted by Gasteiger charge is 2.22. The third kappa shape index (κ3) is 3.91. The summed E-state index contributed by atoms with van der Waals surface area (Å²) in [6.45, 7) is 2.05. The normalized spacial score (nSPS) is 16.9. The molecule has 0 spiro atoms. The molecule has 132 valence electrons. The van der Waals surface area contributed by atoms with Gasteiger partial charge in [-0.1, -0.05) is 31.2 Å². The summed E-state index contributed by atoms with van der Waals surface area (Å²) >= 11 is 0. The van der Waals surface area contributed by atoms with Gasteiger partial charge in [-0.05, 0) is 54.7 Å². The maximum atomic E-state index is 12.5. The van der Waals surface area contributed by atoms with Crippen LogP contribution in [-0.4, -0.2) is 20.9 Å². The first-order valence-electron chi connectivity index (χ1n) is 8.49. The summed E-state index contributed by atoms with van der Waals surface area (Å²) in [7, 11) is -3.50. The second-order valence-electron chi connectivity index (χ2n) is 6.14. The van der Waals surface area contributed by atoms with Crippen molar-refractivity contribution >= 4 is 15.9 Å². The smallest absolute Gasteiger partial charge is 0.251 e. The molecule has 0 bridgehead atoms. The molecule has 2 aromatic carbocycles. The van der Waals surface area contributed by atoms with Crippen molar-refractivity contribution in [3.63, 3.8) is 0 Å². The Morgan fingerprint density at radius 1 is 1.12 bits per heavy atom. The van der Waals surface area contributed by atoms with Crippen molar-refractivity contribution < 1.29 is 13.2 Å². The number of hydrogen-bond acceptors (Lipinski definition) is 3. The molecule has 0 saturated heterocycles. The van der Waals surface area contributed by atoms with Crippen LogP contribution in [0.1, 0.15) is 47.3 Å². The lowest BCUT2D eigenvalue weighted by Gasteiger charge is -2.26. The van der Waals surface area contributed by atoms with Crippen LogP contribution in [0.4, 0.5) is 0 Å². The second kappa shape index (κ2) is 7.37. The SMILES string of the molecule is CCNS(=O)(=O)c1ccc(C(=O)N[C@@H]2CCCc3ccccc32)cc1. The number of carbonyl (C=O) groups excluding carboxylic acids is 1. The Kier molecular flexibility index (Phi) is 5.20. The van der Waals surface area contributed by atoms with E-state index in [9.17, 15) is 13.2 Å². The number of sulfonamides is 1. The zero-order valence-electron chi connectivity index (χ0n) is 14.2. The van der Waals surface area contributed by atoms with Crippen LogP contribution >= 0.6 is 0 Å². The van der Waals surface area contributed by atoms with Crippen LogP contribution in [0.25, 0.3) is 0 Å². The summed E-state index contributed by atoms with van der Waals surface area (Å²) in [6, 6.07) is 14.2. The maximum Gasteiger partial charge on any atom is 0.251 e. The molecule has 0 fully saturated rings. The molecule has 2 N–H and O–H groups in total. The number of aryl methyl sites for hydroxylation is 1. The van der Waals surface area contributed by atoms with E-state index in [1.54, 1.807) is 19.1 Å². The molecular weight excluding hydrogens is 336 g/mol. The van der Waals surface area contributed by atoms with Gasteiger partial charge in [-0.25, -0.2) is 13.1 Å². The average molecular weight is 358 g/mol. The van der Waals surface area contributed by atoms with Gasteiger partial charge in [0.15, 0.2) is 0 Å². The number of fused-ring (bicyclic) bond motifs is 1. The van der Waals surface area contributed by atoms with Crippen LogP contribution in [-0.2, 0) is 16.4 Å². The van der Waals surface area contributed by atoms with Crippen LogP contribution in [0.3, 0.4) is 0 Å². The lowest BCUT2D eigenvalue weighted by molar-refractivity contribution is 0.0932. The fourth-order valence-corrected chi connectivity index (χ4v) is 4.25. The van der Waals surface area contributed by atoms with Crippen LogP contribution in [0.5, 0.6) is 0 Å². The Labute approximate surface area is 148 Å². The van der Waals surface area contributed by atoms with E-state index in [4.69, 9.17) is 0 Å². The highest BCUT2D eigenvalue weighted by Crippen LogP contribution is 2.29. The molecule has 0 aliphatic heterocycles. The van der Waals surface area contributed by atoms with Crippen molar-refractivity contribution in [2.75, 3.05) is 6.54 Å². The van der Waals surface area contributed by atoms with Gasteiger partial charge in [0.05, 0.1) is 10.9 Å². The first-order valence-corrected chi connectivity index (χ1v) is 9.98. The lowest BCUT2D eigenvalue weighted by Crippen LogP contribution is -2.31. The summed E-state index contributed by atoms with van der Waals surface area (Å²) in [6.07, 6.45) is 3.00. The van der Waals surface area contributed by atoms with Gasteiger partial charge in [0.1, 0.15) is 0 Å². The summed E-state index contributed by atoms with van der Waals surface area (Å²) in [5.74, 6) is -0.186. The van der Waals surface area contributed by atoms with Crippen molar-refractivity contribution in [2.24, 2.45) is 0 Å². The van der Waals surface area contributed by atoms with Crippen LogP contribution in [0, 0.1) is 0 Å². The molecule has 5 nitrogen and oxygen atoms in total. The minimum absolute atomic E-state index is 0.00242. The zero-order valence-corrected chi connectivity index (χ0v) is 15.0. The number of amides is 1. The summed E-state index contributed by atoms with van der Waals surface area (Å²) in [5, 5.41) is 3.07. The van der Waals surface area contributed by atoms with Crippen molar-refractivity contribution in [1.29, 1.82) is 0 Å². The predicted molar refractivity (Wildman–Crippen MR) is 96.9 cm³/mol. The van der Waals surface area contributed by atoms with E-state index in [1.165, 1.54) is 23.3 Å². The van der Waals surface area contributed by atoms with Crippen LogP contribution in [0.2, 0.25) is 0 Å². The zero-order chi connectivity index (χ0) is 17.9. The topological polar surface area (TPSA) is 75.3 Å². The molecule has 1 aliphatic carbocycles. The molecule has 0 heterocycles. The first kappa shape index (κ1) is 17.6. The van der Waals surface area contributed by atoms with Gasteiger partial charge in [-0.2, -0.15) is 0 Å². The quantitative estimate of drug-likeness (QED) is 0.863. The highest BCUT2D eigenvalue weighted by molar-refractivity contribution is 7.89. The molecule has 2 aromatic rings. The standard InChI is InChI=1S/C19H22N2O3S/c1-2-20-25(23,24)16-12-10-15(11-13-16)19(22)21-18-9-5-7-14-6-3-4-8-17(14)18/h3-4,6,8,10-13,18,20H,2,5,7,9H2,1H3,(H,21,22)/t18-/m1/s1. The van der Waals surface area contributed by atoms with E-state index < -0.39 is 10.0 Å². The summed E-state index contributed by atoms with van der Waals surface area (Å²) in [4.78, 5) is 12.7. The lowest BCUT2D eigenvalue weighted by atomic mass is 9.87. The Bertz CT molecular complexity index is 860. The Balaban J connectivity index is 1.75. The molecule has 1 aliphatic rings. The molecule has 0 aromatic heterocycles. The van der Waals surface area contributed by atoms with Gasteiger partial charge in [-0.15, -0.1) is 0 Å². The average Bonchev–Trinajstić information content (AvgIpc) is 2.62. The third-order valence-corrected chi connectivity index (χ3v) is 6.00. The minimum atomic E-state index is -3.50. The highest BCUT2D eigenvalue weighted by atomic mass is 32.2. The van der Waals surface area contributed by atoms with Gasteiger partial charge >= 0.3 is 0 Å². The molecular formula is C19H22N2O3S. The van der Waals surface area contributed by atoms with Crippen molar-refractivity contribution in [2.45, 2.75) is 37.1 Å². The maximum absolute atomic E-state index is 12.5. The molecule has 0 saturated carbocycles. The van der Waals surface area contributed by atoms with Gasteiger partial charge in [0.2, 0.25) is 10.0 Å². The van der Waals surface area contributed by atoms with Crippen molar-refractivity contribution in [3.05, 3.63) is 65.2 Å². The largest absolute Gasteiger partial charge is 0.345 e. The number of rotatable bonds is 5. The number of carbonyl (C=O) groups is 1. The van der Waals surface area contributed by atoms with E-state index in [-0.39, 0.29) is 16.8 Å². The predicted octanol–water partition coefficient (Wildman–Crippen LogP) is 2.79. The minimum Gasteiger partial charge on any atom is -0.345 e. The monoisotopic (exact) mass is 358 g/mol. The van der Waals surface area contributed by atoms with Gasteiger partial charge in [-0.3, -0.25) is 4.79 Å². The Morgan fingerprint density at radius 3 is 2.56 bits per heavy atom. The fourth-order valence-electron chi connectivity index (χ4n) is 3.20. The van der Waals surface area contributed by atoms with Crippen molar-refractivity contribution in [3.8, 4) is 0 Å². The van der Waals surface area contributed by atoms with E-state index in [1.807, 2.05) is 12.1 Å². The molecule has 0 radical (unpaired) electrons. The van der Waals surface area contributed by atoms with Gasteiger partial charge in [0.25, 0.3) is 5.91 Å². The number of hydrogen-bond donors (Lipinski definition) is 2. The Hall–Kier alpha value is -2.18. The molecule has 6 heteroatoms. The number of benzene rings is 2. The fraction of sp³-hybridized carbons (Fsp3) is 0.316. The number of nitrogens with one attached hydrogen (secondary N) is 2. The van der Waals surface area contributed by atoms with E-state index in [2.05, 4.69) is 22.2 Å². The van der Waals surface area contributed by atoms with Gasteiger partial charge in [0, 0.05) is 12.1 Å². The van der Waals surface area contributed by atoms with Gasteiger partial charge < -0.3 is 5.32 Å². The third-order valence-electron chi connectivity index (χ3n) is 4.44. The first-order chi connectivity index (χ1) is 12.0. The van der Waals surface area contributed by atoms with Crippen molar-refractivity contribution in [1.82, 2.24) is 10.0 Å². The summed E-state index contributed by atoms with van der Waals surface area (Å²) in [5.41, 5.74) is 2.91. The molecule has 3 rings (SSSR count). The second-order valence-corrected chi connectivity index (χ2v) is 7.91. The molecule has 0 unspecified atom stereocenters. The van der Waals surface area contributed by atoms with E-state index >= 15 is 0 Å². The molecule has 1 amide bonds. The summed E-state index contributed by atoms with van der Waals surface area (Å²) < 4.78 is 26.3. The van der Waals surface area contributed by atoms with Crippen LogP contribution in [0.15, 0.2) is 53.4 Å². The van der Waals surface area contributed by atoms with Crippen LogP contribution < -0.4 is 10.0 Å². The molecule has 25 heavy (non-hydrogen) atoms.